The Morgan fingerprint density at radius 3 is 2.65 bits per heavy atom. The fourth-order valence-electron chi connectivity index (χ4n) is 1.48. The van der Waals surface area contributed by atoms with Gasteiger partial charge in [-0.3, -0.25) is 9.36 Å². The Labute approximate surface area is 109 Å². The van der Waals surface area contributed by atoms with E-state index in [4.69, 9.17) is 27.9 Å². The van der Waals surface area contributed by atoms with Crippen molar-refractivity contribution < 1.29 is 9.53 Å². The minimum atomic E-state index is -0.696. The molecule has 0 unspecified atom stereocenters. The molecule has 0 aliphatic heterocycles. The topological polar surface area (TPSA) is 48.3 Å². The number of aromatic nitrogens is 1. The third-order valence-electron chi connectivity index (χ3n) is 2.25. The highest BCUT2D eigenvalue weighted by Crippen LogP contribution is 2.17. The molecule has 1 rings (SSSR count). The fourth-order valence-corrected chi connectivity index (χ4v) is 1.97. The summed E-state index contributed by atoms with van der Waals surface area (Å²) in [5, 5.41) is 0.289. The maximum absolute atomic E-state index is 11.8. The van der Waals surface area contributed by atoms with Gasteiger partial charge in [0.05, 0.1) is 11.6 Å². The summed E-state index contributed by atoms with van der Waals surface area (Å²) < 4.78 is 6.11. The molecule has 0 amide bonds. The lowest BCUT2D eigenvalue weighted by atomic mass is 10.2. The molecule has 1 aromatic heterocycles. The van der Waals surface area contributed by atoms with Gasteiger partial charge in [-0.2, -0.15) is 0 Å². The van der Waals surface area contributed by atoms with Crippen molar-refractivity contribution in [3.63, 3.8) is 0 Å². The molecule has 4 nitrogen and oxygen atoms in total. The maximum Gasteiger partial charge on any atom is 0.329 e. The number of rotatable bonds is 4. The van der Waals surface area contributed by atoms with E-state index in [-0.39, 0.29) is 11.6 Å². The van der Waals surface area contributed by atoms with E-state index in [0.29, 0.717) is 11.4 Å². The van der Waals surface area contributed by atoms with Gasteiger partial charge in [0.1, 0.15) is 11.1 Å². The molecule has 17 heavy (non-hydrogen) atoms. The quantitative estimate of drug-likeness (QED) is 0.795. The second kappa shape index (κ2) is 6.07. The molecule has 0 fully saturated rings. The van der Waals surface area contributed by atoms with Crippen molar-refractivity contribution in [2.75, 3.05) is 6.61 Å². The van der Waals surface area contributed by atoms with Gasteiger partial charge in [0.15, 0.2) is 0 Å². The summed E-state index contributed by atoms with van der Waals surface area (Å²) in [6, 6.07) is 0.651. The Kier molecular flexibility index (Phi) is 5.02. The number of hydrogen-bond acceptors (Lipinski definition) is 3. The van der Waals surface area contributed by atoms with E-state index in [1.165, 1.54) is 16.8 Å². The van der Waals surface area contributed by atoms with Gasteiger partial charge in [0, 0.05) is 6.20 Å². The lowest BCUT2D eigenvalue weighted by Crippen LogP contribution is -2.30. The van der Waals surface area contributed by atoms with Crippen LogP contribution in [0.1, 0.15) is 26.3 Å². The zero-order valence-corrected chi connectivity index (χ0v) is 11.1. The third kappa shape index (κ3) is 3.23. The Morgan fingerprint density at radius 1 is 1.47 bits per heavy atom. The van der Waals surface area contributed by atoms with Gasteiger partial charge in [-0.15, -0.1) is 0 Å². The van der Waals surface area contributed by atoms with E-state index in [2.05, 4.69) is 0 Å². The van der Waals surface area contributed by atoms with Crippen LogP contribution in [0.15, 0.2) is 17.1 Å². The summed E-state index contributed by atoms with van der Waals surface area (Å²) in [6.45, 7) is 3.75. The number of halogens is 2. The Hall–Kier alpha value is -1.00. The van der Waals surface area contributed by atoms with Crippen LogP contribution in [0.25, 0.3) is 0 Å². The number of carbonyl (C=O) groups is 1. The lowest BCUT2D eigenvalue weighted by molar-refractivity contribution is -0.147. The first kappa shape index (κ1) is 14.1. The highest BCUT2D eigenvalue weighted by atomic mass is 35.5. The minimum Gasteiger partial charge on any atom is -0.464 e. The molecule has 0 aliphatic carbocycles. The molecular weight excluding hydrogens is 265 g/mol. The number of carbonyl (C=O) groups excluding carboxylic acids is 1. The van der Waals surface area contributed by atoms with Crippen LogP contribution >= 0.6 is 23.2 Å². The summed E-state index contributed by atoms with van der Waals surface area (Å²) in [6.07, 6.45) is 1.82. The average Bonchev–Trinajstić information content (AvgIpc) is 2.26. The highest BCUT2D eigenvalue weighted by molar-refractivity contribution is 6.34. The molecule has 1 atom stereocenters. The molecule has 0 saturated heterocycles. The van der Waals surface area contributed by atoms with E-state index < -0.39 is 17.6 Å². The van der Waals surface area contributed by atoms with Crippen LogP contribution in [0, 0.1) is 0 Å². The lowest BCUT2D eigenvalue weighted by Gasteiger charge is -2.17. The van der Waals surface area contributed by atoms with Crippen molar-refractivity contribution in [1.82, 2.24) is 4.57 Å². The first-order valence-corrected chi connectivity index (χ1v) is 6.00. The summed E-state index contributed by atoms with van der Waals surface area (Å²) in [5.74, 6) is -0.463. The van der Waals surface area contributed by atoms with Crippen molar-refractivity contribution in [2.45, 2.75) is 26.3 Å². The number of esters is 1. The molecule has 0 saturated carbocycles. The van der Waals surface area contributed by atoms with E-state index >= 15 is 0 Å². The molecule has 1 heterocycles. The molecule has 0 radical (unpaired) electrons. The zero-order valence-electron chi connectivity index (χ0n) is 9.57. The van der Waals surface area contributed by atoms with E-state index in [9.17, 15) is 9.59 Å². The van der Waals surface area contributed by atoms with Crippen molar-refractivity contribution in [1.29, 1.82) is 0 Å². The third-order valence-corrected chi connectivity index (χ3v) is 2.72. The SMILES string of the molecule is CCOC(=O)[C@@H](CC)n1cc(Cl)cc(Cl)c1=O. The van der Waals surface area contributed by atoms with E-state index in [1.807, 2.05) is 0 Å². The number of nitrogens with zero attached hydrogens (tertiary/aromatic N) is 1. The second-order valence-electron chi connectivity index (χ2n) is 3.39. The Morgan fingerprint density at radius 2 is 2.12 bits per heavy atom. The molecule has 1 aromatic rings. The molecule has 94 valence electrons. The van der Waals surface area contributed by atoms with Crippen LogP contribution in [-0.2, 0) is 9.53 Å². The van der Waals surface area contributed by atoms with Crippen molar-refractivity contribution in [3.05, 3.63) is 32.7 Å². The van der Waals surface area contributed by atoms with Crippen molar-refractivity contribution in [2.24, 2.45) is 0 Å². The van der Waals surface area contributed by atoms with Crippen molar-refractivity contribution in [3.8, 4) is 0 Å². The molecule has 0 N–H and O–H groups in total. The highest BCUT2D eigenvalue weighted by Gasteiger charge is 2.21. The first-order valence-electron chi connectivity index (χ1n) is 5.25. The van der Waals surface area contributed by atoms with Gasteiger partial charge in [0.2, 0.25) is 0 Å². The summed E-state index contributed by atoms with van der Waals surface area (Å²) in [4.78, 5) is 23.5. The van der Waals surface area contributed by atoms with Crippen LogP contribution < -0.4 is 5.56 Å². The first-order chi connectivity index (χ1) is 8.01. The number of hydrogen-bond donors (Lipinski definition) is 0. The number of pyridine rings is 1. The van der Waals surface area contributed by atoms with Gasteiger partial charge < -0.3 is 4.74 Å². The zero-order chi connectivity index (χ0) is 13.0. The minimum absolute atomic E-state index is 0.0137. The predicted molar refractivity (Wildman–Crippen MR) is 66.7 cm³/mol. The Balaban J connectivity index is 3.21. The average molecular weight is 278 g/mol. The van der Waals surface area contributed by atoms with Gasteiger partial charge in [-0.25, -0.2) is 4.79 Å². The van der Waals surface area contributed by atoms with E-state index in [1.54, 1.807) is 13.8 Å². The van der Waals surface area contributed by atoms with Crippen molar-refractivity contribution >= 4 is 29.2 Å². The van der Waals surface area contributed by atoms with Gasteiger partial charge in [-0.05, 0) is 19.4 Å². The summed E-state index contributed by atoms with van der Waals surface area (Å²) in [7, 11) is 0. The predicted octanol–water partition coefficient (Wildman–Crippen LogP) is 2.67. The van der Waals surface area contributed by atoms with E-state index in [0.717, 1.165) is 0 Å². The Bertz CT molecular complexity index is 470. The molecular formula is C11H13Cl2NO3. The number of ether oxygens (including phenoxy) is 1. The largest absolute Gasteiger partial charge is 0.464 e. The molecule has 0 bridgehead atoms. The summed E-state index contributed by atoms with van der Waals surface area (Å²) in [5.41, 5.74) is -0.448. The molecule has 0 aromatic carbocycles. The molecule has 0 aliphatic rings. The maximum atomic E-state index is 11.8. The van der Waals surface area contributed by atoms with Crippen LogP contribution in [0.2, 0.25) is 10.0 Å². The monoisotopic (exact) mass is 277 g/mol. The van der Waals surface area contributed by atoms with Crippen LogP contribution in [-0.4, -0.2) is 17.1 Å². The smallest absolute Gasteiger partial charge is 0.329 e. The normalized spacial score (nSPS) is 12.2. The van der Waals surface area contributed by atoms with Crippen LogP contribution in [0.3, 0.4) is 0 Å². The second-order valence-corrected chi connectivity index (χ2v) is 4.24. The van der Waals surface area contributed by atoms with Crippen LogP contribution in [0.5, 0.6) is 0 Å². The fraction of sp³-hybridized carbons (Fsp3) is 0.455. The summed E-state index contributed by atoms with van der Waals surface area (Å²) >= 11 is 11.5. The van der Waals surface area contributed by atoms with Crippen LogP contribution in [0.4, 0.5) is 0 Å². The van der Waals surface area contributed by atoms with Gasteiger partial charge >= 0.3 is 5.97 Å². The molecule has 6 heteroatoms. The van der Waals surface area contributed by atoms with Gasteiger partial charge in [-0.1, -0.05) is 30.1 Å². The standard InChI is InChI=1S/C11H13Cl2NO3/c1-3-9(11(16)17-4-2)14-6-7(12)5-8(13)10(14)15/h5-6,9H,3-4H2,1-2H3/t9-/m1/s1. The molecule has 0 spiro atoms. The van der Waals surface area contributed by atoms with Gasteiger partial charge in [0.25, 0.3) is 5.56 Å².